The number of unbranched alkanes of at least 4 members (excludes halogenated alkanes) is 1. The number of nitrogens with zero attached hydrogens (tertiary/aromatic N) is 2. The molecule has 5 heteroatoms. The van der Waals surface area contributed by atoms with Crippen LogP contribution in [-0.2, 0) is 10.2 Å². The summed E-state index contributed by atoms with van der Waals surface area (Å²) in [6.45, 7) is 7.07. The highest BCUT2D eigenvalue weighted by molar-refractivity contribution is 6.31. The van der Waals surface area contributed by atoms with Gasteiger partial charge in [0.05, 0.1) is 0 Å². The first-order valence-electron chi connectivity index (χ1n) is 8.98. The van der Waals surface area contributed by atoms with Gasteiger partial charge < -0.3 is 15.0 Å². The molecule has 0 atom stereocenters. The standard InChI is InChI=1S/C20H30ClN3O/c1-4-5-8-13-24(3)19(22-2)23-16-20(11-14-25-15-12-20)17-9-6-7-10-18(17)21/h4,6-7,9-10H,1,5,8,11-16H2,2-3H3,(H,22,23). The van der Waals surface area contributed by atoms with Crippen molar-refractivity contribution >= 4 is 17.6 Å². The van der Waals surface area contributed by atoms with Gasteiger partial charge in [0.25, 0.3) is 0 Å². The number of hydrogen-bond donors (Lipinski definition) is 1. The van der Waals surface area contributed by atoms with Crippen LogP contribution in [0.15, 0.2) is 41.9 Å². The van der Waals surface area contributed by atoms with Gasteiger partial charge in [0.1, 0.15) is 0 Å². The number of allylic oxidation sites excluding steroid dienone is 1. The van der Waals surface area contributed by atoms with Crippen LogP contribution in [-0.4, -0.2) is 51.3 Å². The summed E-state index contributed by atoms with van der Waals surface area (Å²) in [5.74, 6) is 0.919. The molecule has 1 fully saturated rings. The SMILES string of the molecule is C=CCCCN(C)C(=NC)NCC1(c2ccccc2Cl)CCOCC1. The quantitative estimate of drug-likeness (QED) is 0.346. The normalized spacial score (nSPS) is 17.2. The fourth-order valence-electron chi connectivity index (χ4n) is 3.41. The summed E-state index contributed by atoms with van der Waals surface area (Å²) in [5, 5.41) is 4.40. The van der Waals surface area contributed by atoms with Crippen molar-refractivity contribution in [3.63, 3.8) is 0 Å². The second kappa shape index (κ2) is 9.83. The maximum Gasteiger partial charge on any atom is 0.193 e. The Morgan fingerprint density at radius 2 is 2.12 bits per heavy atom. The van der Waals surface area contributed by atoms with Crippen LogP contribution in [0, 0.1) is 0 Å². The molecule has 0 aliphatic carbocycles. The van der Waals surface area contributed by atoms with Crippen molar-refractivity contribution in [1.29, 1.82) is 0 Å². The Bertz CT molecular complexity index is 582. The van der Waals surface area contributed by atoms with Gasteiger partial charge in [0.2, 0.25) is 0 Å². The maximum absolute atomic E-state index is 6.52. The van der Waals surface area contributed by atoms with Crippen molar-refractivity contribution in [3.05, 3.63) is 47.5 Å². The molecule has 0 saturated carbocycles. The molecule has 0 radical (unpaired) electrons. The highest BCUT2D eigenvalue weighted by Crippen LogP contribution is 2.38. The lowest BCUT2D eigenvalue weighted by Crippen LogP contribution is -2.48. The molecule has 4 nitrogen and oxygen atoms in total. The number of benzene rings is 1. The smallest absolute Gasteiger partial charge is 0.193 e. The van der Waals surface area contributed by atoms with E-state index in [1.807, 2.05) is 25.3 Å². The largest absolute Gasteiger partial charge is 0.381 e. The van der Waals surface area contributed by atoms with Crippen molar-refractivity contribution in [1.82, 2.24) is 10.2 Å². The van der Waals surface area contributed by atoms with E-state index in [9.17, 15) is 0 Å². The van der Waals surface area contributed by atoms with E-state index in [4.69, 9.17) is 16.3 Å². The summed E-state index contributed by atoms with van der Waals surface area (Å²) in [7, 11) is 3.91. The topological polar surface area (TPSA) is 36.9 Å². The van der Waals surface area contributed by atoms with Gasteiger partial charge in [-0.05, 0) is 37.3 Å². The lowest BCUT2D eigenvalue weighted by molar-refractivity contribution is 0.0512. The van der Waals surface area contributed by atoms with E-state index in [-0.39, 0.29) is 5.41 Å². The maximum atomic E-state index is 6.52. The van der Waals surface area contributed by atoms with E-state index in [1.165, 1.54) is 5.56 Å². The third kappa shape index (κ3) is 5.23. The molecule has 1 aliphatic heterocycles. The minimum atomic E-state index is -0.0194. The van der Waals surface area contributed by atoms with E-state index in [2.05, 4.69) is 41.0 Å². The second-order valence-electron chi connectivity index (χ2n) is 6.63. The molecule has 0 aromatic heterocycles. The first-order chi connectivity index (χ1) is 12.1. The number of aliphatic imine (C=N–C) groups is 1. The molecule has 0 bridgehead atoms. The van der Waals surface area contributed by atoms with Crippen LogP contribution in [0.4, 0.5) is 0 Å². The highest BCUT2D eigenvalue weighted by Gasteiger charge is 2.36. The van der Waals surface area contributed by atoms with Gasteiger partial charge in [-0.25, -0.2) is 0 Å². The summed E-state index contributed by atoms with van der Waals surface area (Å²) in [4.78, 5) is 6.61. The van der Waals surface area contributed by atoms with E-state index in [0.717, 1.165) is 63.0 Å². The van der Waals surface area contributed by atoms with Gasteiger partial charge in [-0.15, -0.1) is 6.58 Å². The molecule has 1 heterocycles. The molecule has 25 heavy (non-hydrogen) atoms. The molecule has 138 valence electrons. The fraction of sp³-hybridized carbons (Fsp3) is 0.550. The lowest BCUT2D eigenvalue weighted by Gasteiger charge is -2.39. The summed E-state index contributed by atoms with van der Waals surface area (Å²) in [6, 6.07) is 8.17. The van der Waals surface area contributed by atoms with Crippen LogP contribution >= 0.6 is 11.6 Å². The van der Waals surface area contributed by atoms with Crippen molar-refractivity contribution < 1.29 is 4.74 Å². The molecule has 1 aromatic rings. The molecule has 1 N–H and O–H groups in total. The zero-order chi connectivity index (χ0) is 18.1. The molecule has 1 aliphatic rings. The predicted molar refractivity (Wildman–Crippen MR) is 107 cm³/mol. The number of halogens is 1. The summed E-state index contributed by atoms with van der Waals surface area (Å²) in [6.07, 6.45) is 5.96. The fourth-order valence-corrected chi connectivity index (χ4v) is 3.74. The van der Waals surface area contributed by atoms with Gasteiger partial charge in [-0.1, -0.05) is 35.9 Å². The minimum Gasteiger partial charge on any atom is -0.381 e. The van der Waals surface area contributed by atoms with Crippen LogP contribution < -0.4 is 5.32 Å². The third-order valence-electron chi connectivity index (χ3n) is 4.96. The van der Waals surface area contributed by atoms with Crippen LogP contribution in [0.3, 0.4) is 0 Å². The Labute approximate surface area is 156 Å². The zero-order valence-electron chi connectivity index (χ0n) is 15.4. The lowest BCUT2D eigenvalue weighted by atomic mass is 9.74. The summed E-state index contributed by atoms with van der Waals surface area (Å²) < 4.78 is 5.61. The number of nitrogens with one attached hydrogen (secondary N) is 1. The molecule has 1 aromatic carbocycles. The molecular weight excluding hydrogens is 334 g/mol. The zero-order valence-corrected chi connectivity index (χ0v) is 16.2. The van der Waals surface area contributed by atoms with Crippen molar-refractivity contribution in [3.8, 4) is 0 Å². The Kier molecular flexibility index (Phi) is 7.79. The van der Waals surface area contributed by atoms with Crippen LogP contribution in [0.5, 0.6) is 0 Å². The number of rotatable bonds is 7. The molecular formula is C20H30ClN3O. The van der Waals surface area contributed by atoms with Crippen LogP contribution in [0.25, 0.3) is 0 Å². The predicted octanol–water partition coefficient (Wildman–Crippen LogP) is 3.86. The van der Waals surface area contributed by atoms with Crippen LogP contribution in [0.1, 0.15) is 31.2 Å². The van der Waals surface area contributed by atoms with Gasteiger partial charge in [-0.2, -0.15) is 0 Å². The molecule has 2 rings (SSSR count). The highest BCUT2D eigenvalue weighted by atomic mass is 35.5. The Morgan fingerprint density at radius 3 is 2.76 bits per heavy atom. The number of hydrogen-bond acceptors (Lipinski definition) is 2. The van der Waals surface area contributed by atoms with Gasteiger partial charge >= 0.3 is 0 Å². The molecule has 0 unspecified atom stereocenters. The van der Waals surface area contributed by atoms with E-state index in [0.29, 0.717) is 0 Å². The van der Waals surface area contributed by atoms with Gasteiger partial charge in [-0.3, -0.25) is 4.99 Å². The minimum absolute atomic E-state index is 0.0194. The monoisotopic (exact) mass is 363 g/mol. The summed E-state index contributed by atoms with van der Waals surface area (Å²) in [5.41, 5.74) is 1.19. The number of guanidine groups is 1. The Morgan fingerprint density at radius 1 is 1.40 bits per heavy atom. The molecule has 1 saturated heterocycles. The first-order valence-corrected chi connectivity index (χ1v) is 9.36. The molecule has 0 spiro atoms. The Balaban J connectivity index is 2.09. The molecule has 0 amide bonds. The summed E-state index contributed by atoms with van der Waals surface area (Å²) >= 11 is 6.52. The van der Waals surface area contributed by atoms with Gasteiger partial charge in [0, 0.05) is 50.8 Å². The van der Waals surface area contributed by atoms with Crippen LogP contribution in [0.2, 0.25) is 5.02 Å². The second-order valence-corrected chi connectivity index (χ2v) is 7.03. The van der Waals surface area contributed by atoms with Gasteiger partial charge in [0.15, 0.2) is 5.96 Å². The average molecular weight is 364 g/mol. The van der Waals surface area contributed by atoms with E-state index in [1.54, 1.807) is 0 Å². The van der Waals surface area contributed by atoms with Crippen molar-refractivity contribution in [2.45, 2.75) is 31.1 Å². The van der Waals surface area contributed by atoms with Crippen molar-refractivity contribution in [2.75, 3.05) is 40.4 Å². The Hall–Kier alpha value is -1.52. The first kappa shape index (κ1) is 19.8. The van der Waals surface area contributed by atoms with Crippen molar-refractivity contribution in [2.24, 2.45) is 4.99 Å². The van der Waals surface area contributed by atoms with E-state index < -0.39 is 0 Å². The number of ether oxygens (including phenoxy) is 1. The average Bonchev–Trinajstić information content (AvgIpc) is 2.63. The third-order valence-corrected chi connectivity index (χ3v) is 5.28. The van der Waals surface area contributed by atoms with E-state index >= 15 is 0 Å².